The fourth-order valence-electron chi connectivity index (χ4n) is 5.48. The number of allylic oxidation sites excluding steroid dienone is 14. The summed E-state index contributed by atoms with van der Waals surface area (Å²) in [6.07, 6.45) is 46.4. The van der Waals surface area contributed by atoms with Crippen molar-refractivity contribution in [3.05, 3.63) is 85.1 Å². The highest BCUT2D eigenvalue weighted by molar-refractivity contribution is 5.70. The van der Waals surface area contributed by atoms with Crippen molar-refractivity contribution < 1.29 is 24.2 Å². The number of aliphatic carboxylic acids is 1. The Hall–Kier alpha value is -2.92. The summed E-state index contributed by atoms with van der Waals surface area (Å²) in [7, 11) is 0. The van der Waals surface area contributed by atoms with Gasteiger partial charge in [0.2, 0.25) is 0 Å². The van der Waals surface area contributed by atoms with Crippen LogP contribution in [0, 0.1) is 5.92 Å². The van der Waals surface area contributed by atoms with Gasteiger partial charge in [-0.3, -0.25) is 9.59 Å². The maximum absolute atomic E-state index is 11.9. The number of carboxylic acids is 1. The Morgan fingerprint density at radius 3 is 1.72 bits per heavy atom. The summed E-state index contributed by atoms with van der Waals surface area (Å²) in [6.45, 7) is 0.523. The Morgan fingerprint density at radius 1 is 0.581 bits per heavy atom. The molecule has 5 heteroatoms. The average molecular weight is 593 g/mol. The van der Waals surface area contributed by atoms with Crippen molar-refractivity contribution in [1.82, 2.24) is 0 Å². The molecule has 0 aromatic rings. The predicted molar refractivity (Wildman–Crippen MR) is 178 cm³/mol. The zero-order chi connectivity index (χ0) is 30.6. The highest BCUT2D eigenvalue weighted by Crippen LogP contribution is 2.31. The average Bonchev–Trinajstić information content (AvgIpc) is 3.00. The second-order valence-corrected chi connectivity index (χ2v) is 11.6. The molecule has 0 radical (unpaired) electrons. The van der Waals surface area contributed by atoms with Crippen LogP contribution in [0.2, 0.25) is 0 Å². The van der Waals surface area contributed by atoms with Crippen LogP contribution in [0.3, 0.4) is 0 Å². The van der Waals surface area contributed by atoms with E-state index in [4.69, 9.17) is 9.47 Å². The molecule has 0 spiro atoms. The van der Waals surface area contributed by atoms with Gasteiger partial charge in [0, 0.05) is 6.42 Å². The lowest BCUT2D eigenvalue weighted by Crippen LogP contribution is -2.39. The van der Waals surface area contributed by atoms with E-state index in [-0.39, 0.29) is 18.2 Å². The monoisotopic (exact) mass is 592 g/mol. The molecule has 2 bridgehead atoms. The molecule has 0 saturated carbocycles. The van der Waals surface area contributed by atoms with Gasteiger partial charge < -0.3 is 14.6 Å². The smallest absolute Gasteiger partial charge is 0.309 e. The van der Waals surface area contributed by atoms with Crippen LogP contribution < -0.4 is 0 Å². The van der Waals surface area contributed by atoms with E-state index in [1.54, 1.807) is 0 Å². The Labute approximate surface area is 261 Å². The molecule has 0 aromatic heterocycles. The molecule has 1 saturated heterocycles. The predicted octanol–water partition coefficient (Wildman–Crippen LogP) is 9.93. The van der Waals surface area contributed by atoms with E-state index in [2.05, 4.69) is 18.2 Å². The van der Waals surface area contributed by atoms with Crippen LogP contribution >= 0.6 is 0 Å². The van der Waals surface area contributed by atoms with Crippen LogP contribution in [0.5, 0.6) is 0 Å². The van der Waals surface area contributed by atoms with Crippen molar-refractivity contribution in [3.8, 4) is 0 Å². The van der Waals surface area contributed by atoms with Gasteiger partial charge in [0.15, 0.2) is 0 Å². The van der Waals surface area contributed by atoms with Crippen molar-refractivity contribution in [2.24, 2.45) is 5.92 Å². The van der Waals surface area contributed by atoms with Crippen molar-refractivity contribution >= 4 is 11.9 Å². The van der Waals surface area contributed by atoms with Crippen LogP contribution in [-0.2, 0) is 19.1 Å². The number of hydrogen-bond acceptors (Lipinski definition) is 4. The fraction of sp³-hybridized carbons (Fsp3) is 0.579. The molecule has 3 atom stereocenters. The van der Waals surface area contributed by atoms with E-state index in [9.17, 15) is 14.7 Å². The molecule has 2 aliphatic heterocycles. The van der Waals surface area contributed by atoms with Crippen molar-refractivity contribution in [2.45, 2.75) is 128 Å². The second-order valence-electron chi connectivity index (χ2n) is 11.6. The first-order chi connectivity index (χ1) is 21.2. The topological polar surface area (TPSA) is 72.8 Å². The molecule has 1 fully saturated rings. The van der Waals surface area contributed by atoms with Crippen LogP contribution in [0.4, 0.5) is 0 Å². The SMILES string of the molecule is O=C1CCCCCCCCCCCC2CCC(C(=O)O)C(CCC=CC=CC=CC=CC=CC=CC=CCCCCO1)O2. The number of hydrogen-bond donors (Lipinski definition) is 1. The normalized spacial score (nSPS) is 25.7. The lowest BCUT2D eigenvalue weighted by molar-refractivity contribution is -0.158. The zero-order valence-corrected chi connectivity index (χ0v) is 26.3. The van der Waals surface area contributed by atoms with Crippen molar-refractivity contribution in [3.63, 3.8) is 0 Å². The van der Waals surface area contributed by atoms with E-state index in [0.29, 0.717) is 19.4 Å². The molecular weight excluding hydrogens is 536 g/mol. The maximum Gasteiger partial charge on any atom is 0.309 e. The number of rotatable bonds is 1. The van der Waals surface area contributed by atoms with E-state index in [1.165, 1.54) is 38.5 Å². The Balaban J connectivity index is 1.80. The third kappa shape index (κ3) is 19.8. The highest BCUT2D eigenvalue weighted by Gasteiger charge is 2.35. The number of fused-ring (bicyclic) bond motifs is 2. The number of esters is 1. The third-order valence-electron chi connectivity index (χ3n) is 7.98. The van der Waals surface area contributed by atoms with Crippen LogP contribution in [0.25, 0.3) is 0 Å². The lowest BCUT2D eigenvalue weighted by Gasteiger charge is -2.34. The van der Waals surface area contributed by atoms with Gasteiger partial charge in [0.25, 0.3) is 0 Å². The van der Waals surface area contributed by atoms with Gasteiger partial charge in [-0.1, -0.05) is 136 Å². The molecule has 2 rings (SSSR count). The molecular formula is C38H56O5. The molecule has 2 heterocycles. The Morgan fingerprint density at radius 2 is 1.12 bits per heavy atom. The van der Waals surface area contributed by atoms with E-state index < -0.39 is 11.9 Å². The molecule has 3 unspecified atom stereocenters. The van der Waals surface area contributed by atoms with Gasteiger partial charge >= 0.3 is 11.9 Å². The van der Waals surface area contributed by atoms with Crippen molar-refractivity contribution in [2.75, 3.05) is 6.61 Å². The number of carboxylic acid groups (broad SMARTS) is 1. The molecule has 43 heavy (non-hydrogen) atoms. The van der Waals surface area contributed by atoms with Crippen molar-refractivity contribution in [1.29, 1.82) is 0 Å². The van der Waals surface area contributed by atoms with E-state index >= 15 is 0 Å². The van der Waals surface area contributed by atoms with Crippen LogP contribution in [0.1, 0.15) is 116 Å². The summed E-state index contributed by atoms with van der Waals surface area (Å²) in [5.74, 6) is -1.18. The third-order valence-corrected chi connectivity index (χ3v) is 7.98. The largest absolute Gasteiger partial charge is 0.481 e. The minimum absolute atomic E-state index is 0.0573. The lowest BCUT2D eigenvalue weighted by atomic mass is 9.87. The first-order valence-electron chi connectivity index (χ1n) is 16.9. The number of carbonyl (C=O) groups excluding carboxylic acids is 1. The van der Waals surface area contributed by atoms with E-state index in [0.717, 1.165) is 64.2 Å². The molecule has 5 nitrogen and oxygen atoms in total. The Bertz CT molecular complexity index is 951. The summed E-state index contributed by atoms with van der Waals surface area (Å²) in [5, 5.41) is 9.69. The van der Waals surface area contributed by atoms with Crippen LogP contribution in [0.15, 0.2) is 85.1 Å². The summed E-state index contributed by atoms with van der Waals surface area (Å²) >= 11 is 0. The van der Waals surface area contributed by atoms with Gasteiger partial charge in [-0.2, -0.15) is 0 Å². The van der Waals surface area contributed by atoms with Gasteiger partial charge in [-0.15, -0.1) is 0 Å². The van der Waals surface area contributed by atoms with Crippen LogP contribution in [-0.4, -0.2) is 35.9 Å². The quantitative estimate of drug-likeness (QED) is 0.307. The fourth-order valence-corrected chi connectivity index (χ4v) is 5.48. The molecule has 0 aromatic carbocycles. The zero-order valence-electron chi connectivity index (χ0n) is 26.3. The first kappa shape index (κ1) is 36.3. The van der Waals surface area contributed by atoms with Gasteiger partial charge in [-0.05, 0) is 57.8 Å². The van der Waals surface area contributed by atoms with E-state index in [1.807, 2.05) is 66.8 Å². The maximum atomic E-state index is 11.9. The Kier molecular flexibility index (Phi) is 21.6. The number of cyclic esters (lactones) is 1. The second kappa shape index (κ2) is 25.6. The summed E-state index contributed by atoms with van der Waals surface area (Å²) < 4.78 is 11.7. The summed E-state index contributed by atoms with van der Waals surface area (Å²) in [4.78, 5) is 23.7. The van der Waals surface area contributed by atoms with Gasteiger partial charge in [0.05, 0.1) is 24.7 Å². The highest BCUT2D eigenvalue weighted by atomic mass is 16.5. The minimum atomic E-state index is -0.729. The molecule has 238 valence electrons. The summed E-state index contributed by atoms with van der Waals surface area (Å²) in [5.41, 5.74) is 0. The molecule has 0 amide bonds. The first-order valence-corrected chi connectivity index (χ1v) is 16.9. The van der Waals surface area contributed by atoms with Gasteiger partial charge in [-0.25, -0.2) is 0 Å². The van der Waals surface area contributed by atoms with Gasteiger partial charge in [0.1, 0.15) is 0 Å². The number of carbonyl (C=O) groups is 2. The standard InChI is InChI=1S/C38H56O5/c39-37-30-26-22-18-14-11-12-16-20-24-28-34-31-32-35(38(40)41)36(43-34)29-25-21-17-13-9-7-5-3-1-2-4-6-8-10-15-19-23-27-33-42-37/h1-10,13,15,17,21,34-36H,11-12,14,16,18-20,22-33H2,(H,40,41). The molecule has 2 aliphatic rings. The molecule has 0 aliphatic carbocycles. The minimum Gasteiger partial charge on any atom is -0.481 e. The number of ether oxygens (including phenoxy) is 2. The summed E-state index contributed by atoms with van der Waals surface area (Å²) in [6, 6.07) is 0. The molecule has 1 N–H and O–H groups in total.